The lowest BCUT2D eigenvalue weighted by Crippen LogP contribution is -2.04. The van der Waals surface area contributed by atoms with Gasteiger partial charge in [-0.05, 0) is 29.8 Å². The fourth-order valence-electron chi connectivity index (χ4n) is 1.58. The molecule has 0 fully saturated rings. The average Bonchev–Trinajstić information content (AvgIpc) is 2.55. The summed E-state index contributed by atoms with van der Waals surface area (Å²) in [6, 6.07) is 8.33. The lowest BCUT2D eigenvalue weighted by Gasteiger charge is -2.05. The number of oxime groups is 1. The van der Waals surface area contributed by atoms with Crippen molar-refractivity contribution < 1.29 is 36.3 Å². The number of benzene rings is 2. The van der Waals surface area contributed by atoms with Gasteiger partial charge in [-0.1, -0.05) is 29.4 Å². The molecule has 134 valence electrons. The van der Waals surface area contributed by atoms with Crippen LogP contribution in [-0.2, 0) is 12.4 Å². The number of hydrogen-bond donors (Lipinski definition) is 1. The molecule has 9 heteroatoms. The highest BCUT2D eigenvalue weighted by Gasteiger charge is 2.30. The molecule has 25 heavy (non-hydrogen) atoms. The second-order valence-corrected chi connectivity index (χ2v) is 4.60. The molecule has 0 aliphatic heterocycles. The predicted molar refractivity (Wildman–Crippen MR) is 77.7 cm³/mol. The molecule has 0 aromatic heterocycles. The van der Waals surface area contributed by atoms with E-state index in [9.17, 15) is 31.1 Å². The van der Waals surface area contributed by atoms with E-state index in [0.29, 0.717) is 11.8 Å². The Hall–Kier alpha value is -2.84. The number of nitrogens with zero attached hydrogens (tertiary/aromatic N) is 1. The van der Waals surface area contributed by atoms with Gasteiger partial charge in [-0.15, -0.1) is 0 Å². The zero-order chi connectivity index (χ0) is 19.1. The summed E-state index contributed by atoms with van der Waals surface area (Å²) < 4.78 is 71.9. The van der Waals surface area contributed by atoms with Gasteiger partial charge < -0.3 is 5.21 Å². The number of halogens is 6. The van der Waals surface area contributed by atoms with Crippen LogP contribution in [0.4, 0.5) is 26.3 Å². The minimum atomic E-state index is -4.33. The summed E-state index contributed by atoms with van der Waals surface area (Å²) in [5.74, 6) is 0. The van der Waals surface area contributed by atoms with Crippen LogP contribution in [0, 0.1) is 0 Å². The van der Waals surface area contributed by atoms with Crippen molar-refractivity contribution in [2.24, 2.45) is 5.16 Å². The first-order valence-electron chi connectivity index (χ1n) is 6.55. The first-order valence-corrected chi connectivity index (χ1v) is 6.55. The molecule has 0 saturated heterocycles. The molecule has 3 nitrogen and oxygen atoms in total. The SMILES string of the molecule is O/N=C\c1ccc(C(F)(F)F)cc1.O=Cc1ccc(C(F)(F)F)cc1. The van der Waals surface area contributed by atoms with E-state index in [1.807, 2.05) is 0 Å². The van der Waals surface area contributed by atoms with Crippen molar-refractivity contribution in [1.82, 2.24) is 0 Å². The number of carbonyl (C=O) groups is 1. The Morgan fingerprint density at radius 2 is 1.08 bits per heavy atom. The molecule has 0 aliphatic carbocycles. The Balaban J connectivity index is 0.000000251. The maximum Gasteiger partial charge on any atom is 0.416 e. The third kappa shape index (κ3) is 6.66. The molecule has 2 aromatic rings. The van der Waals surface area contributed by atoms with Crippen LogP contribution in [0.5, 0.6) is 0 Å². The molecule has 2 rings (SSSR count). The van der Waals surface area contributed by atoms with Crippen LogP contribution in [0.1, 0.15) is 27.0 Å². The Bertz CT molecular complexity index is 703. The second kappa shape index (κ2) is 8.32. The van der Waals surface area contributed by atoms with Gasteiger partial charge in [0.25, 0.3) is 0 Å². The number of aldehydes is 1. The second-order valence-electron chi connectivity index (χ2n) is 4.60. The van der Waals surface area contributed by atoms with Gasteiger partial charge in [0.2, 0.25) is 0 Å². The van der Waals surface area contributed by atoms with Crippen molar-refractivity contribution in [2.45, 2.75) is 12.4 Å². The fourth-order valence-corrected chi connectivity index (χ4v) is 1.58. The molecular weight excluding hydrogens is 352 g/mol. The Kier molecular flexibility index (Phi) is 6.72. The molecule has 0 aliphatic rings. The van der Waals surface area contributed by atoms with Gasteiger partial charge in [0.05, 0.1) is 17.3 Å². The minimum Gasteiger partial charge on any atom is -0.411 e. The number of rotatable bonds is 2. The topological polar surface area (TPSA) is 49.7 Å². The molecule has 1 N–H and O–H groups in total. The highest BCUT2D eigenvalue weighted by Crippen LogP contribution is 2.29. The molecule has 0 bridgehead atoms. The highest BCUT2D eigenvalue weighted by atomic mass is 19.4. The van der Waals surface area contributed by atoms with E-state index in [1.54, 1.807) is 0 Å². The van der Waals surface area contributed by atoms with Gasteiger partial charge in [-0.25, -0.2) is 0 Å². The Morgan fingerprint density at radius 3 is 1.36 bits per heavy atom. The molecule has 2 aromatic carbocycles. The third-order valence-electron chi connectivity index (χ3n) is 2.82. The summed E-state index contributed by atoms with van der Waals surface area (Å²) >= 11 is 0. The summed E-state index contributed by atoms with van der Waals surface area (Å²) in [7, 11) is 0. The molecule has 0 amide bonds. The predicted octanol–water partition coefficient (Wildman–Crippen LogP) is 5.03. The number of carbonyl (C=O) groups excluding carboxylic acids is 1. The van der Waals surface area contributed by atoms with Gasteiger partial charge in [0.15, 0.2) is 0 Å². The van der Waals surface area contributed by atoms with Crippen molar-refractivity contribution in [3.05, 3.63) is 70.8 Å². The molecule has 0 spiro atoms. The lowest BCUT2D eigenvalue weighted by molar-refractivity contribution is -0.138. The summed E-state index contributed by atoms with van der Waals surface area (Å²) in [5.41, 5.74) is -0.811. The molecule has 0 saturated carbocycles. The normalized spacial score (nSPS) is 11.8. The number of alkyl halides is 6. The van der Waals surface area contributed by atoms with Crippen molar-refractivity contribution in [3.63, 3.8) is 0 Å². The van der Waals surface area contributed by atoms with Crippen LogP contribution in [-0.4, -0.2) is 17.7 Å². The van der Waals surface area contributed by atoms with Crippen LogP contribution in [0.15, 0.2) is 53.7 Å². The van der Waals surface area contributed by atoms with E-state index < -0.39 is 23.5 Å². The highest BCUT2D eigenvalue weighted by molar-refractivity contribution is 5.79. The monoisotopic (exact) mass is 363 g/mol. The van der Waals surface area contributed by atoms with E-state index >= 15 is 0 Å². The smallest absolute Gasteiger partial charge is 0.411 e. The molecule has 0 heterocycles. The standard InChI is InChI=1S/C8H6F3NO.C8H5F3O/c9-8(10,11)7-3-1-6(2-4-7)5-12-13;9-8(10,11)7-3-1-6(5-12)2-4-7/h1-5,13H;1-5H/b12-5-;. The van der Waals surface area contributed by atoms with Crippen molar-refractivity contribution >= 4 is 12.5 Å². The van der Waals surface area contributed by atoms with Crippen molar-refractivity contribution in [1.29, 1.82) is 0 Å². The van der Waals surface area contributed by atoms with Crippen LogP contribution in [0.3, 0.4) is 0 Å². The first kappa shape index (κ1) is 20.2. The zero-order valence-electron chi connectivity index (χ0n) is 12.3. The maximum absolute atomic E-state index is 12.0. The molecular formula is C16H11F6NO2. The van der Waals surface area contributed by atoms with Gasteiger partial charge in [0, 0.05) is 5.56 Å². The van der Waals surface area contributed by atoms with Crippen molar-refractivity contribution in [3.8, 4) is 0 Å². The fraction of sp³-hybridized carbons (Fsp3) is 0.125. The van der Waals surface area contributed by atoms with Crippen molar-refractivity contribution in [2.75, 3.05) is 0 Å². The van der Waals surface area contributed by atoms with E-state index in [4.69, 9.17) is 5.21 Å². The summed E-state index contributed by atoms with van der Waals surface area (Å²) in [6.45, 7) is 0. The minimum absolute atomic E-state index is 0.239. The molecule has 0 atom stereocenters. The largest absolute Gasteiger partial charge is 0.416 e. The van der Waals surface area contributed by atoms with E-state index in [2.05, 4.69) is 5.16 Å². The molecule has 0 unspecified atom stereocenters. The van der Waals surface area contributed by atoms with E-state index in [0.717, 1.165) is 42.6 Å². The van der Waals surface area contributed by atoms with Crippen LogP contribution in [0.25, 0.3) is 0 Å². The number of hydrogen-bond acceptors (Lipinski definition) is 3. The Labute approximate surface area is 138 Å². The first-order chi connectivity index (χ1) is 11.6. The zero-order valence-corrected chi connectivity index (χ0v) is 12.3. The Morgan fingerprint density at radius 1 is 0.720 bits per heavy atom. The van der Waals surface area contributed by atoms with Gasteiger partial charge in [0.1, 0.15) is 6.29 Å². The average molecular weight is 363 g/mol. The van der Waals surface area contributed by atoms with E-state index in [-0.39, 0.29) is 5.56 Å². The third-order valence-corrected chi connectivity index (χ3v) is 2.82. The quantitative estimate of drug-likeness (QED) is 0.267. The van der Waals surface area contributed by atoms with Crippen LogP contribution in [0.2, 0.25) is 0 Å². The lowest BCUT2D eigenvalue weighted by atomic mass is 10.1. The summed E-state index contributed by atoms with van der Waals surface area (Å²) in [6.07, 6.45) is -7.10. The van der Waals surface area contributed by atoms with Gasteiger partial charge in [-0.3, -0.25) is 4.79 Å². The summed E-state index contributed by atoms with van der Waals surface area (Å²) in [5, 5.41) is 10.8. The van der Waals surface area contributed by atoms with Gasteiger partial charge >= 0.3 is 12.4 Å². The maximum atomic E-state index is 12.0. The van der Waals surface area contributed by atoms with Crippen LogP contribution < -0.4 is 0 Å². The summed E-state index contributed by atoms with van der Waals surface area (Å²) in [4.78, 5) is 10.1. The van der Waals surface area contributed by atoms with E-state index in [1.165, 1.54) is 12.1 Å². The molecule has 0 radical (unpaired) electrons. The van der Waals surface area contributed by atoms with Gasteiger partial charge in [-0.2, -0.15) is 26.3 Å². The van der Waals surface area contributed by atoms with Crippen LogP contribution >= 0.6 is 0 Å².